The molecule has 1 rings (SSSR count). The number of rotatable bonds is 4. The maximum atomic E-state index is 5.36. The van der Waals surface area contributed by atoms with Crippen molar-refractivity contribution in [2.24, 2.45) is 15.7 Å². The fourth-order valence-electron chi connectivity index (χ4n) is 0.829. The summed E-state index contributed by atoms with van der Waals surface area (Å²) < 4.78 is 0. The van der Waals surface area contributed by atoms with E-state index in [0.717, 1.165) is 18.1 Å². The highest BCUT2D eigenvalue weighted by Gasteiger charge is 2.21. The van der Waals surface area contributed by atoms with E-state index in [4.69, 9.17) is 5.73 Å². The van der Waals surface area contributed by atoms with Gasteiger partial charge in [0.05, 0.1) is 0 Å². The number of hydrogen-bond donors (Lipinski definition) is 1. The number of aliphatic imine (C=N–C) groups is 2. The Kier molecular flexibility index (Phi) is 3.08. The van der Waals surface area contributed by atoms with Crippen LogP contribution in [0.2, 0.25) is 0 Å². The van der Waals surface area contributed by atoms with E-state index < -0.39 is 0 Å². The molecule has 62 valence electrons. The van der Waals surface area contributed by atoms with Crippen LogP contribution in [0.5, 0.6) is 0 Å². The van der Waals surface area contributed by atoms with Gasteiger partial charge in [0.1, 0.15) is 11.9 Å². The van der Waals surface area contributed by atoms with Crippen LogP contribution in [0.25, 0.3) is 0 Å². The molecule has 1 heterocycles. The van der Waals surface area contributed by atoms with Crippen LogP contribution in [0.1, 0.15) is 6.92 Å². The predicted molar refractivity (Wildman–Crippen MR) is 51.8 cm³/mol. The lowest BCUT2D eigenvalue weighted by Gasteiger charge is -2.15. The van der Waals surface area contributed by atoms with E-state index in [1.165, 1.54) is 0 Å². The molecule has 0 aliphatic carbocycles. The second kappa shape index (κ2) is 3.88. The Morgan fingerprint density at radius 3 is 3.00 bits per heavy atom. The van der Waals surface area contributed by atoms with Gasteiger partial charge in [0.15, 0.2) is 0 Å². The Hall–Kier alpha value is -0.350. The molecule has 0 bridgehead atoms. The van der Waals surface area contributed by atoms with Crippen LogP contribution in [0, 0.1) is 0 Å². The molecule has 0 saturated heterocycles. The Bertz CT molecular complexity index is 165. The third kappa shape index (κ3) is 2.63. The predicted octanol–water partition coefficient (Wildman–Crippen LogP) is 0.550. The normalized spacial score (nSPS) is 28.2. The van der Waals surface area contributed by atoms with E-state index in [0.29, 0.717) is 0 Å². The fourth-order valence-corrected chi connectivity index (χ4v) is 1.70. The first-order valence-corrected chi connectivity index (χ1v) is 4.78. The molecule has 0 saturated carbocycles. The zero-order chi connectivity index (χ0) is 8.16. The summed E-state index contributed by atoms with van der Waals surface area (Å²) in [6, 6.07) is 0. The van der Waals surface area contributed by atoms with Gasteiger partial charge >= 0.3 is 0 Å². The van der Waals surface area contributed by atoms with Gasteiger partial charge in [-0.1, -0.05) is 0 Å². The Morgan fingerprint density at radius 2 is 2.45 bits per heavy atom. The minimum atomic E-state index is -0.0696. The van der Waals surface area contributed by atoms with Crippen LogP contribution in [-0.4, -0.2) is 36.1 Å². The van der Waals surface area contributed by atoms with Gasteiger partial charge in [-0.3, -0.25) is 4.99 Å². The highest BCUT2D eigenvalue weighted by atomic mass is 32.2. The molecule has 0 fully saturated rings. The van der Waals surface area contributed by atoms with Crippen molar-refractivity contribution < 1.29 is 0 Å². The van der Waals surface area contributed by atoms with Crippen LogP contribution in [0.3, 0.4) is 0 Å². The quantitative estimate of drug-likeness (QED) is 0.628. The summed E-state index contributed by atoms with van der Waals surface area (Å²) in [7, 11) is 0. The second-order valence-electron chi connectivity index (χ2n) is 2.72. The van der Waals surface area contributed by atoms with E-state index in [9.17, 15) is 0 Å². The SMILES string of the molecule is CC1(CSCCN)C=NC=N1. The van der Waals surface area contributed by atoms with Crippen molar-refractivity contribution in [2.45, 2.75) is 12.5 Å². The Morgan fingerprint density at radius 1 is 1.64 bits per heavy atom. The standard InChI is InChI=1S/C7H13N3S/c1-7(4-9-6-10-7)5-11-3-2-8/h4,6H,2-3,5,8H2,1H3. The van der Waals surface area contributed by atoms with Crippen molar-refractivity contribution in [3.8, 4) is 0 Å². The van der Waals surface area contributed by atoms with Crippen molar-refractivity contribution >= 4 is 24.3 Å². The molecular formula is C7H13N3S. The van der Waals surface area contributed by atoms with E-state index in [2.05, 4.69) is 16.9 Å². The van der Waals surface area contributed by atoms with Crippen molar-refractivity contribution in [1.29, 1.82) is 0 Å². The molecule has 0 aromatic heterocycles. The number of nitrogens with two attached hydrogens (primary N) is 1. The molecule has 1 aliphatic rings. The van der Waals surface area contributed by atoms with Crippen LogP contribution >= 0.6 is 11.8 Å². The van der Waals surface area contributed by atoms with Gasteiger partial charge in [-0.2, -0.15) is 11.8 Å². The molecule has 0 amide bonds. The molecule has 11 heavy (non-hydrogen) atoms. The first kappa shape index (κ1) is 8.74. The monoisotopic (exact) mass is 171 g/mol. The van der Waals surface area contributed by atoms with Crippen molar-refractivity contribution in [2.75, 3.05) is 18.1 Å². The molecule has 4 heteroatoms. The molecule has 2 N–H and O–H groups in total. The second-order valence-corrected chi connectivity index (χ2v) is 3.83. The highest BCUT2D eigenvalue weighted by molar-refractivity contribution is 7.99. The molecule has 0 spiro atoms. The summed E-state index contributed by atoms with van der Waals surface area (Å²) >= 11 is 1.82. The van der Waals surface area contributed by atoms with Gasteiger partial charge < -0.3 is 5.73 Å². The Labute approximate surface area is 71.2 Å². The third-order valence-corrected chi connectivity index (χ3v) is 2.74. The van der Waals surface area contributed by atoms with Crippen molar-refractivity contribution in [3.05, 3.63) is 0 Å². The van der Waals surface area contributed by atoms with Gasteiger partial charge in [0.25, 0.3) is 0 Å². The van der Waals surface area contributed by atoms with Crippen LogP contribution < -0.4 is 5.73 Å². The molecule has 1 aliphatic heterocycles. The third-order valence-electron chi connectivity index (χ3n) is 1.43. The molecule has 1 atom stereocenters. The zero-order valence-electron chi connectivity index (χ0n) is 6.66. The van der Waals surface area contributed by atoms with Gasteiger partial charge in [0.2, 0.25) is 0 Å². The van der Waals surface area contributed by atoms with Gasteiger partial charge in [-0.15, -0.1) is 0 Å². The summed E-state index contributed by atoms with van der Waals surface area (Å²) in [4.78, 5) is 8.18. The van der Waals surface area contributed by atoms with E-state index in [1.54, 1.807) is 6.34 Å². The summed E-state index contributed by atoms with van der Waals surface area (Å²) in [5.74, 6) is 1.98. The molecule has 0 aromatic rings. The summed E-state index contributed by atoms with van der Waals surface area (Å²) in [6.07, 6.45) is 3.50. The first-order valence-electron chi connectivity index (χ1n) is 3.63. The number of thioether (sulfide) groups is 1. The van der Waals surface area contributed by atoms with Crippen molar-refractivity contribution in [3.63, 3.8) is 0 Å². The first-order chi connectivity index (χ1) is 5.27. The summed E-state index contributed by atoms with van der Waals surface area (Å²) in [6.45, 7) is 2.81. The summed E-state index contributed by atoms with van der Waals surface area (Å²) in [5.41, 5.74) is 5.29. The maximum absolute atomic E-state index is 5.36. The maximum Gasteiger partial charge on any atom is 0.110 e. The minimum absolute atomic E-state index is 0.0696. The van der Waals surface area contributed by atoms with Gasteiger partial charge in [0, 0.05) is 24.3 Å². The molecule has 0 radical (unpaired) electrons. The minimum Gasteiger partial charge on any atom is -0.330 e. The van der Waals surface area contributed by atoms with Gasteiger partial charge in [-0.05, 0) is 6.92 Å². The lowest BCUT2D eigenvalue weighted by molar-refractivity contribution is 0.746. The van der Waals surface area contributed by atoms with E-state index in [-0.39, 0.29) is 5.54 Å². The molecule has 0 aromatic carbocycles. The number of hydrogen-bond acceptors (Lipinski definition) is 4. The smallest absolute Gasteiger partial charge is 0.110 e. The lowest BCUT2D eigenvalue weighted by atomic mass is 10.1. The number of nitrogens with zero attached hydrogens (tertiary/aromatic N) is 2. The van der Waals surface area contributed by atoms with Crippen molar-refractivity contribution in [1.82, 2.24) is 0 Å². The fraction of sp³-hybridized carbons (Fsp3) is 0.714. The topological polar surface area (TPSA) is 50.7 Å². The average molecular weight is 171 g/mol. The average Bonchev–Trinajstić information content (AvgIpc) is 2.38. The zero-order valence-corrected chi connectivity index (χ0v) is 7.47. The van der Waals surface area contributed by atoms with Crippen LogP contribution in [0.15, 0.2) is 9.98 Å². The molecule has 3 nitrogen and oxygen atoms in total. The van der Waals surface area contributed by atoms with E-state index >= 15 is 0 Å². The lowest BCUT2D eigenvalue weighted by Crippen LogP contribution is -2.25. The summed E-state index contributed by atoms with van der Waals surface area (Å²) in [5, 5.41) is 0. The highest BCUT2D eigenvalue weighted by Crippen LogP contribution is 2.17. The van der Waals surface area contributed by atoms with Crippen LogP contribution in [-0.2, 0) is 0 Å². The Balaban J connectivity index is 2.25. The van der Waals surface area contributed by atoms with Gasteiger partial charge in [-0.25, -0.2) is 4.99 Å². The molecule has 1 unspecified atom stereocenters. The molecular weight excluding hydrogens is 158 g/mol. The van der Waals surface area contributed by atoms with Crippen LogP contribution in [0.4, 0.5) is 0 Å². The largest absolute Gasteiger partial charge is 0.330 e. The van der Waals surface area contributed by atoms with E-state index in [1.807, 2.05) is 18.0 Å².